The zero-order chi connectivity index (χ0) is 14.2. The third kappa shape index (κ3) is 2.29. The molecule has 2 fully saturated rings. The van der Waals surface area contributed by atoms with Gasteiger partial charge in [-0.3, -0.25) is 4.79 Å². The first-order chi connectivity index (χ1) is 9.65. The number of ether oxygens (including phenoxy) is 1. The molecule has 0 aromatic heterocycles. The Morgan fingerprint density at radius 3 is 2.65 bits per heavy atom. The first-order valence-corrected chi connectivity index (χ1v) is 7.34. The zero-order valence-corrected chi connectivity index (χ0v) is 12.0. The summed E-state index contributed by atoms with van der Waals surface area (Å²) < 4.78 is 5.42. The van der Waals surface area contributed by atoms with Crippen molar-refractivity contribution in [1.29, 1.82) is 0 Å². The minimum absolute atomic E-state index is 0.190. The predicted molar refractivity (Wildman–Crippen MR) is 78.4 cm³/mol. The van der Waals surface area contributed by atoms with E-state index in [9.17, 15) is 4.79 Å². The molecule has 0 spiro atoms. The summed E-state index contributed by atoms with van der Waals surface area (Å²) in [6.07, 6.45) is 4.17. The van der Waals surface area contributed by atoms with Gasteiger partial charge in [0.1, 0.15) is 0 Å². The number of rotatable bonds is 3. The Kier molecular flexibility index (Phi) is 3.42. The summed E-state index contributed by atoms with van der Waals surface area (Å²) >= 11 is 0. The molecule has 4 heteroatoms. The van der Waals surface area contributed by atoms with Crippen molar-refractivity contribution >= 4 is 11.6 Å². The highest BCUT2D eigenvalue weighted by molar-refractivity contribution is 5.91. The van der Waals surface area contributed by atoms with Gasteiger partial charge in [0, 0.05) is 25.9 Å². The molecule has 1 amide bonds. The molecule has 108 valence electrons. The molecule has 2 aliphatic rings. The Morgan fingerprint density at radius 1 is 1.35 bits per heavy atom. The van der Waals surface area contributed by atoms with E-state index in [4.69, 9.17) is 10.5 Å². The maximum atomic E-state index is 12.9. The van der Waals surface area contributed by atoms with Crippen LogP contribution in [0.3, 0.4) is 0 Å². The lowest BCUT2D eigenvalue weighted by Crippen LogP contribution is -2.47. The number of benzene rings is 1. The molecule has 1 aromatic rings. The molecule has 0 radical (unpaired) electrons. The number of nitrogens with zero attached hydrogens (tertiary/aromatic N) is 1. The fourth-order valence-corrected chi connectivity index (χ4v) is 3.17. The minimum Gasteiger partial charge on any atom is -0.399 e. The average Bonchev–Trinajstić information content (AvgIpc) is 3.29. The van der Waals surface area contributed by atoms with Gasteiger partial charge in [0.05, 0.1) is 11.5 Å². The minimum atomic E-state index is -0.288. The van der Waals surface area contributed by atoms with Crippen LogP contribution >= 0.6 is 0 Å². The third-order valence-corrected chi connectivity index (χ3v) is 4.62. The number of hydrogen-bond acceptors (Lipinski definition) is 3. The number of hydrogen-bond donors (Lipinski definition) is 1. The van der Waals surface area contributed by atoms with E-state index in [1.54, 1.807) is 7.11 Å². The van der Waals surface area contributed by atoms with E-state index in [-0.39, 0.29) is 17.4 Å². The normalized spacial score (nSPS) is 24.4. The van der Waals surface area contributed by atoms with Gasteiger partial charge in [0.2, 0.25) is 5.91 Å². The molecule has 0 bridgehead atoms. The second-order valence-electron chi connectivity index (χ2n) is 5.96. The molecule has 1 aliphatic carbocycles. The van der Waals surface area contributed by atoms with Crippen LogP contribution in [0.4, 0.5) is 5.69 Å². The number of carbonyl (C=O) groups is 1. The Balaban J connectivity index is 1.77. The second kappa shape index (κ2) is 5.09. The molecule has 1 aliphatic heterocycles. The zero-order valence-electron chi connectivity index (χ0n) is 12.0. The van der Waals surface area contributed by atoms with Crippen LogP contribution in [0.1, 0.15) is 31.2 Å². The summed E-state index contributed by atoms with van der Waals surface area (Å²) in [4.78, 5) is 14.9. The van der Waals surface area contributed by atoms with Crippen molar-refractivity contribution in [2.45, 2.75) is 37.2 Å². The standard InChI is InChI=1S/C16H22N2O2/c1-20-14-3-2-10-18(11-14)15(19)16(8-9-16)12-4-6-13(17)7-5-12/h4-7,14H,2-3,8-11,17H2,1H3. The largest absolute Gasteiger partial charge is 0.399 e. The summed E-state index contributed by atoms with van der Waals surface area (Å²) in [5, 5.41) is 0. The lowest BCUT2D eigenvalue weighted by Gasteiger charge is -2.34. The lowest BCUT2D eigenvalue weighted by atomic mass is 9.93. The predicted octanol–water partition coefficient (Wildman–Crippen LogP) is 1.94. The number of likely N-dealkylation sites (tertiary alicyclic amines) is 1. The molecular weight excluding hydrogens is 252 g/mol. The van der Waals surface area contributed by atoms with E-state index in [0.717, 1.165) is 50.0 Å². The van der Waals surface area contributed by atoms with Crippen LogP contribution in [-0.4, -0.2) is 37.1 Å². The first-order valence-electron chi connectivity index (χ1n) is 7.34. The van der Waals surface area contributed by atoms with Crippen LogP contribution in [0.2, 0.25) is 0 Å². The second-order valence-corrected chi connectivity index (χ2v) is 5.96. The maximum absolute atomic E-state index is 12.9. The van der Waals surface area contributed by atoms with Crippen LogP contribution in [0.25, 0.3) is 0 Å². The summed E-state index contributed by atoms with van der Waals surface area (Å²) in [7, 11) is 1.73. The van der Waals surface area contributed by atoms with E-state index in [1.807, 2.05) is 29.2 Å². The Bertz CT molecular complexity index is 494. The van der Waals surface area contributed by atoms with E-state index in [2.05, 4.69) is 0 Å². The van der Waals surface area contributed by atoms with Crippen LogP contribution in [0.5, 0.6) is 0 Å². The highest BCUT2D eigenvalue weighted by atomic mass is 16.5. The number of methoxy groups -OCH3 is 1. The first kappa shape index (κ1) is 13.4. The number of amides is 1. The van der Waals surface area contributed by atoms with Gasteiger partial charge in [-0.2, -0.15) is 0 Å². The molecule has 1 saturated carbocycles. The van der Waals surface area contributed by atoms with E-state index in [1.165, 1.54) is 0 Å². The Labute approximate surface area is 119 Å². The van der Waals surface area contributed by atoms with Crippen molar-refractivity contribution in [3.8, 4) is 0 Å². The topological polar surface area (TPSA) is 55.6 Å². The summed E-state index contributed by atoms with van der Waals surface area (Å²) in [5.41, 5.74) is 7.30. The molecule has 1 heterocycles. The highest BCUT2D eigenvalue weighted by Gasteiger charge is 2.53. The van der Waals surface area contributed by atoms with Crippen molar-refractivity contribution in [3.05, 3.63) is 29.8 Å². The highest BCUT2D eigenvalue weighted by Crippen LogP contribution is 2.50. The lowest BCUT2D eigenvalue weighted by molar-refractivity contribution is -0.137. The molecule has 3 rings (SSSR count). The number of anilines is 1. The molecule has 2 N–H and O–H groups in total. The average molecular weight is 274 g/mol. The van der Waals surface area contributed by atoms with Gasteiger partial charge in [0.25, 0.3) is 0 Å². The van der Waals surface area contributed by atoms with Gasteiger partial charge in [0.15, 0.2) is 0 Å². The number of piperidine rings is 1. The molecule has 20 heavy (non-hydrogen) atoms. The fraction of sp³-hybridized carbons (Fsp3) is 0.562. The van der Waals surface area contributed by atoms with Gasteiger partial charge < -0.3 is 15.4 Å². The van der Waals surface area contributed by atoms with Crippen molar-refractivity contribution in [2.24, 2.45) is 0 Å². The monoisotopic (exact) mass is 274 g/mol. The maximum Gasteiger partial charge on any atom is 0.233 e. The van der Waals surface area contributed by atoms with Crippen LogP contribution in [-0.2, 0) is 14.9 Å². The molecular formula is C16H22N2O2. The van der Waals surface area contributed by atoms with Gasteiger partial charge in [-0.05, 0) is 43.4 Å². The van der Waals surface area contributed by atoms with Gasteiger partial charge in [-0.15, -0.1) is 0 Å². The smallest absolute Gasteiger partial charge is 0.233 e. The summed E-state index contributed by atoms with van der Waals surface area (Å²) in [6, 6.07) is 7.77. The molecule has 1 atom stereocenters. The molecule has 1 unspecified atom stereocenters. The van der Waals surface area contributed by atoms with Gasteiger partial charge in [-0.25, -0.2) is 0 Å². The van der Waals surface area contributed by atoms with Gasteiger partial charge >= 0.3 is 0 Å². The fourth-order valence-electron chi connectivity index (χ4n) is 3.17. The summed E-state index contributed by atoms with van der Waals surface area (Å²) in [5.74, 6) is 0.268. The van der Waals surface area contributed by atoms with Crippen molar-refractivity contribution in [1.82, 2.24) is 4.90 Å². The van der Waals surface area contributed by atoms with Gasteiger partial charge in [-0.1, -0.05) is 12.1 Å². The van der Waals surface area contributed by atoms with Crippen LogP contribution in [0, 0.1) is 0 Å². The number of carbonyl (C=O) groups excluding carboxylic acids is 1. The van der Waals surface area contributed by atoms with Crippen LogP contribution < -0.4 is 5.73 Å². The van der Waals surface area contributed by atoms with Crippen molar-refractivity contribution in [3.63, 3.8) is 0 Å². The number of nitrogens with two attached hydrogens (primary N) is 1. The van der Waals surface area contributed by atoms with Crippen molar-refractivity contribution in [2.75, 3.05) is 25.9 Å². The van der Waals surface area contributed by atoms with E-state index < -0.39 is 0 Å². The third-order valence-electron chi connectivity index (χ3n) is 4.62. The quantitative estimate of drug-likeness (QED) is 0.857. The van der Waals surface area contributed by atoms with Crippen molar-refractivity contribution < 1.29 is 9.53 Å². The SMILES string of the molecule is COC1CCCN(C(=O)C2(c3ccc(N)cc3)CC2)C1. The van der Waals surface area contributed by atoms with E-state index in [0.29, 0.717) is 0 Å². The molecule has 1 saturated heterocycles. The number of nitrogen functional groups attached to an aromatic ring is 1. The van der Waals surface area contributed by atoms with Crippen LogP contribution in [0.15, 0.2) is 24.3 Å². The molecule has 4 nitrogen and oxygen atoms in total. The Morgan fingerprint density at radius 2 is 2.05 bits per heavy atom. The molecule has 1 aromatic carbocycles. The summed E-state index contributed by atoms with van der Waals surface area (Å²) in [6.45, 7) is 1.58. The van der Waals surface area contributed by atoms with E-state index >= 15 is 0 Å². The Hall–Kier alpha value is -1.55.